The smallest absolute Gasteiger partial charge is 0.314 e. The minimum Gasteiger partial charge on any atom is -0.338 e. The van der Waals surface area contributed by atoms with Crippen LogP contribution in [0.4, 0.5) is 4.79 Å². The number of urea groups is 1. The van der Waals surface area contributed by atoms with Crippen molar-refractivity contribution in [3.63, 3.8) is 0 Å². The van der Waals surface area contributed by atoms with Gasteiger partial charge in [0.15, 0.2) is 0 Å². The third-order valence-corrected chi connectivity index (χ3v) is 2.78. The van der Waals surface area contributed by atoms with Gasteiger partial charge in [0.2, 0.25) is 0 Å². The van der Waals surface area contributed by atoms with Crippen molar-refractivity contribution in [2.75, 3.05) is 6.54 Å². The van der Waals surface area contributed by atoms with Crippen LogP contribution in [0.3, 0.4) is 0 Å². The second-order valence-corrected chi connectivity index (χ2v) is 4.05. The quantitative estimate of drug-likeness (QED) is 0.703. The molecule has 0 saturated heterocycles. The Morgan fingerprint density at radius 1 is 1.14 bits per heavy atom. The molecule has 14 heavy (non-hydrogen) atoms. The van der Waals surface area contributed by atoms with E-state index in [1.165, 1.54) is 32.1 Å². The molecule has 0 bridgehead atoms. The highest BCUT2D eigenvalue weighted by Crippen LogP contribution is 2.16. The number of hydrogen-bond donors (Lipinski definition) is 2. The molecule has 3 heteroatoms. The lowest BCUT2D eigenvalue weighted by molar-refractivity contribution is 0.234. The van der Waals surface area contributed by atoms with Crippen LogP contribution in [0.15, 0.2) is 0 Å². The second kappa shape index (κ2) is 6.68. The standard InChI is InChI=1S/C11H22N2O/c1-2-12-11(14)13-10-8-6-4-3-5-7-9-10/h10H,2-9H2,1H3,(H2,12,13,14). The van der Waals surface area contributed by atoms with E-state index >= 15 is 0 Å². The molecule has 3 nitrogen and oxygen atoms in total. The zero-order chi connectivity index (χ0) is 10.2. The van der Waals surface area contributed by atoms with Crippen molar-refractivity contribution in [3.8, 4) is 0 Å². The van der Waals surface area contributed by atoms with E-state index < -0.39 is 0 Å². The lowest BCUT2D eigenvalue weighted by Gasteiger charge is -2.20. The SMILES string of the molecule is CCNC(=O)NC1CCCCCCC1. The van der Waals surface area contributed by atoms with Gasteiger partial charge >= 0.3 is 6.03 Å². The van der Waals surface area contributed by atoms with Gasteiger partial charge in [-0.3, -0.25) is 0 Å². The third kappa shape index (κ3) is 4.49. The molecule has 2 amide bonds. The van der Waals surface area contributed by atoms with E-state index in [9.17, 15) is 4.79 Å². The first kappa shape index (κ1) is 11.3. The van der Waals surface area contributed by atoms with Crippen LogP contribution in [0.25, 0.3) is 0 Å². The predicted octanol–water partition coefficient (Wildman–Crippen LogP) is 2.42. The van der Waals surface area contributed by atoms with Crippen molar-refractivity contribution in [2.45, 2.75) is 57.9 Å². The van der Waals surface area contributed by atoms with E-state index in [-0.39, 0.29) is 6.03 Å². The molecule has 1 aliphatic rings. The monoisotopic (exact) mass is 198 g/mol. The van der Waals surface area contributed by atoms with Gasteiger partial charge in [0.1, 0.15) is 0 Å². The lowest BCUT2D eigenvalue weighted by Crippen LogP contribution is -2.42. The summed E-state index contributed by atoms with van der Waals surface area (Å²) in [5, 5.41) is 5.82. The Morgan fingerprint density at radius 2 is 1.71 bits per heavy atom. The van der Waals surface area contributed by atoms with Crippen molar-refractivity contribution < 1.29 is 4.79 Å². The van der Waals surface area contributed by atoms with Crippen LogP contribution < -0.4 is 10.6 Å². The maximum Gasteiger partial charge on any atom is 0.314 e. The average molecular weight is 198 g/mol. The molecule has 82 valence electrons. The molecule has 1 saturated carbocycles. The van der Waals surface area contributed by atoms with Crippen LogP contribution in [0.1, 0.15) is 51.9 Å². The number of rotatable bonds is 2. The van der Waals surface area contributed by atoms with Gasteiger partial charge in [-0.15, -0.1) is 0 Å². The normalized spacial score (nSPS) is 19.5. The summed E-state index contributed by atoms with van der Waals surface area (Å²) >= 11 is 0. The third-order valence-electron chi connectivity index (χ3n) is 2.78. The number of amides is 2. The summed E-state index contributed by atoms with van der Waals surface area (Å²) in [5.74, 6) is 0. The summed E-state index contributed by atoms with van der Waals surface area (Å²) in [5.41, 5.74) is 0. The minimum atomic E-state index is -0.00178. The Morgan fingerprint density at radius 3 is 2.29 bits per heavy atom. The molecule has 1 aliphatic carbocycles. The summed E-state index contributed by atoms with van der Waals surface area (Å²) in [6, 6.07) is 0.403. The summed E-state index contributed by atoms with van der Waals surface area (Å²) < 4.78 is 0. The Bertz CT molecular complexity index is 163. The van der Waals surface area contributed by atoms with Gasteiger partial charge in [0.05, 0.1) is 0 Å². The summed E-state index contributed by atoms with van der Waals surface area (Å²) in [7, 11) is 0. The lowest BCUT2D eigenvalue weighted by atomic mass is 9.97. The summed E-state index contributed by atoms with van der Waals surface area (Å²) in [6.07, 6.45) is 8.84. The highest BCUT2D eigenvalue weighted by atomic mass is 16.2. The van der Waals surface area contributed by atoms with E-state index in [1.54, 1.807) is 0 Å². The minimum absolute atomic E-state index is 0.00178. The molecule has 2 N–H and O–H groups in total. The Balaban J connectivity index is 2.22. The van der Waals surface area contributed by atoms with E-state index in [4.69, 9.17) is 0 Å². The molecule has 0 aromatic carbocycles. The number of carbonyl (C=O) groups is 1. The molecule has 0 atom stereocenters. The first-order chi connectivity index (χ1) is 6.83. The van der Waals surface area contributed by atoms with Crippen molar-refractivity contribution in [2.24, 2.45) is 0 Å². The largest absolute Gasteiger partial charge is 0.338 e. The van der Waals surface area contributed by atoms with Crippen LogP contribution in [-0.2, 0) is 0 Å². The molecule has 0 aromatic heterocycles. The molecule has 0 aliphatic heterocycles. The van der Waals surface area contributed by atoms with Crippen molar-refractivity contribution >= 4 is 6.03 Å². The van der Waals surface area contributed by atoms with Gasteiger partial charge in [0.25, 0.3) is 0 Å². The Hall–Kier alpha value is -0.730. The first-order valence-corrected chi connectivity index (χ1v) is 5.87. The van der Waals surface area contributed by atoms with Crippen molar-refractivity contribution in [3.05, 3.63) is 0 Å². The fourth-order valence-corrected chi connectivity index (χ4v) is 2.00. The van der Waals surface area contributed by atoms with Crippen LogP contribution in [0.2, 0.25) is 0 Å². The molecule has 1 fully saturated rings. The predicted molar refractivity (Wildman–Crippen MR) is 58.3 cm³/mol. The van der Waals surface area contributed by atoms with Gasteiger partial charge in [-0.2, -0.15) is 0 Å². The molecule has 0 unspecified atom stereocenters. The number of hydrogen-bond acceptors (Lipinski definition) is 1. The van der Waals surface area contributed by atoms with Gasteiger partial charge in [0, 0.05) is 12.6 Å². The zero-order valence-electron chi connectivity index (χ0n) is 9.14. The Labute approximate surface area is 86.6 Å². The van der Waals surface area contributed by atoms with E-state index in [0.29, 0.717) is 12.6 Å². The van der Waals surface area contributed by atoms with Gasteiger partial charge in [-0.25, -0.2) is 4.79 Å². The molecule has 1 rings (SSSR count). The van der Waals surface area contributed by atoms with Gasteiger partial charge < -0.3 is 10.6 Å². The fourth-order valence-electron chi connectivity index (χ4n) is 2.00. The van der Waals surface area contributed by atoms with E-state index in [1.807, 2.05) is 6.92 Å². The van der Waals surface area contributed by atoms with Gasteiger partial charge in [-0.05, 0) is 19.8 Å². The average Bonchev–Trinajstić information content (AvgIpc) is 2.10. The summed E-state index contributed by atoms with van der Waals surface area (Å²) in [6.45, 7) is 2.65. The number of carbonyl (C=O) groups excluding carboxylic acids is 1. The van der Waals surface area contributed by atoms with Gasteiger partial charge in [-0.1, -0.05) is 32.1 Å². The first-order valence-electron chi connectivity index (χ1n) is 5.87. The maximum absolute atomic E-state index is 11.3. The molecule has 0 spiro atoms. The highest BCUT2D eigenvalue weighted by molar-refractivity contribution is 5.74. The molecule has 0 heterocycles. The summed E-state index contributed by atoms with van der Waals surface area (Å²) in [4.78, 5) is 11.3. The van der Waals surface area contributed by atoms with E-state index in [0.717, 1.165) is 12.8 Å². The Kier molecular flexibility index (Phi) is 5.42. The van der Waals surface area contributed by atoms with Crippen LogP contribution in [0, 0.1) is 0 Å². The fraction of sp³-hybridized carbons (Fsp3) is 0.909. The molecule has 0 aromatic rings. The molecular weight excluding hydrogens is 176 g/mol. The van der Waals surface area contributed by atoms with Crippen LogP contribution >= 0.6 is 0 Å². The molecule has 0 radical (unpaired) electrons. The highest BCUT2D eigenvalue weighted by Gasteiger charge is 2.12. The second-order valence-electron chi connectivity index (χ2n) is 4.05. The van der Waals surface area contributed by atoms with Crippen LogP contribution in [0.5, 0.6) is 0 Å². The molecular formula is C11H22N2O. The van der Waals surface area contributed by atoms with Crippen LogP contribution in [-0.4, -0.2) is 18.6 Å². The zero-order valence-corrected chi connectivity index (χ0v) is 9.14. The topological polar surface area (TPSA) is 41.1 Å². The van der Waals surface area contributed by atoms with E-state index in [2.05, 4.69) is 10.6 Å². The van der Waals surface area contributed by atoms with Crippen molar-refractivity contribution in [1.82, 2.24) is 10.6 Å². The van der Waals surface area contributed by atoms with Crippen molar-refractivity contribution in [1.29, 1.82) is 0 Å². The maximum atomic E-state index is 11.3. The number of nitrogens with one attached hydrogen (secondary N) is 2.